The van der Waals surface area contributed by atoms with Gasteiger partial charge in [0.05, 0.1) is 30.0 Å². The maximum absolute atomic E-state index is 9.10. The first-order chi connectivity index (χ1) is 7.69. The normalized spacial score (nSPS) is 27.2. The second-order valence-corrected chi connectivity index (χ2v) is 5.34. The van der Waals surface area contributed by atoms with Crippen LogP contribution in [0.25, 0.3) is 0 Å². The van der Waals surface area contributed by atoms with Crippen molar-refractivity contribution >= 4 is 11.3 Å². The van der Waals surface area contributed by atoms with Crippen LogP contribution in [-0.2, 0) is 11.3 Å². The molecule has 2 unspecified atom stereocenters. The smallest absolute Gasteiger partial charge is 0.0933 e. The minimum atomic E-state index is -0.0454. The van der Waals surface area contributed by atoms with Gasteiger partial charge in [-0.3, -0.25) is 4.90 Å². The Kier molecular flexibility index (Phi) is 3.91. The molecule has 90 valence electrons. The zero-order chi connectivity index (χ0) is 11.5. The summed E-state index contributed by atoms with van der Waals surface area (Å²) in [4.78, 5) is 6.78. The van der Waals surface area contributed by atoms with Gasteiger partial charge in [-0.05, 0) is 13.8 Å². The molecule has 1 fully saturated rings. The Labute approximate surface area is 99.9 Å². The summed E-state index contributed by atoms with van der Waals surface area (Å²) in [6, 6.07) is 0.393. The maximum Gasteiger partial charge on any atom is 0.0933 e. The molecular formula is C11H18N2O2S. The third-order valence-electron chi connectivity index (χ3n) is 2.87. The molecule has 0 radical (unpaired) electrons. The number of morpholine rings is 1. The summed E-state index contributed by atoms with van der Waals surface area (Å²) >= 11 is 1.68. The van der Waals surface area contributed by atoms with Crippen molar-refractivity contribution in [3.05, 3.63) is 16.1 Å². The highest BCUT2D eigenvalue weighted by Crippen LogP contribution is 2.16. The molecule has 16 heavy (non-hydrogen) atoms. The highest BCUT2D eigenvalue weighted by atomic mass is 32.1. The molecule has 1 N–H and O–H groups in total. The van der Waals surface area contributed by atoms with Gasteiger partial charge in [0, 0.05) is 24.5 Å². The van der Waals surface area contributed by atoms with Gasteiger partial charge < -0.3 is 9.84 Å². The summed E-state index contributed by atoms with van der Waals surface area (Å²) in [7, 11) is 0. The van der Waals surface area contributed by atoms with E-state index in [1.807, 2.05) is 6.92 Å². The van der Waals surface area contributed by atoms with E-state index in [0.717, 1.165) is 23.8 Å². The molecule has 4 nitrogen and oxygen atoms in total. The number of hydrogen-bond donors (Lipinski definition) is 1. The van der Waals surface area contributed by atoms with Gasteiger partial charge in [0.1, 0.15) is 0 Å². The minimum absolute atomic E-state index is 0.0454. The Balaban J connectivity index is 1.96. The Bertz CT molecular complexity index is 342. The van der Waals surface area contributed by atoms with E-state index in [1.54, 1.807) is 11.3 Å². The van der Waals surface area contributed by atoms with Gasteiger partial charge in [0.2, 0.25) is 0 Å². The second-order valence-electron chi connectivity index (χ2n) is 4.27. The van der Waals surface area contributed by atoms with Crippen molar-refractivity contribution < 1.29 is 9.84 Å². The fourth-order valence-electron chi connectivity index (χ4n) is 1.89. The number of ether oxygens (including phenoxy) is 1. The molecule has 1 saturated heterocycles. The SMILES string of the molecule is Cc1nc(CN2CC(CO)OCC2C)cs1. The molecule has 0 bridgehead atoms. The lowest BCUT2D eigenvalue weighted by Gasteiger charge is -2.36. The van der Waals surface area contributed by atoms with Gasteiger partial charge in [-0.25, -0.2) is 4.98 Å². The summed E-state index contributed by atoms with van der Waals surface area (Å²) in [5.41, 5.74) is 1.12. The van der Waals surface area contributed by atoms with Crippen LogP contribution in [0.15, 0.2) is 5.38 Å². The lowest BCUT2D eigenvalue weighted by molar-refractivity contribution is -0.0808. The lowest BCUT2D eigenvalue weighted by Crippen LogP contribution is -2.48. The number of aliphatic hydroxyl groups excluding tert-OH is 1. The van der Waals surface area contributed by atoms with E-state index >= 15 is 0 Å². The molecule has 1 aromatic heterocycles. The predicted molar refractivity (Wildman–Crippen MR) is 63.5 cm³/mol. The summed E-state index contributed by atoms with van der Waals surface area (Å²) in [5.74, 6) is 0. The summed E-state index contributed by atoms with van der Waals surface area (Å²) in [6.45, 7) is 6.59. The molecule has 2 heterocycles. The number of hydrogen-bond acceptors (Lipinski definition) is 5. The fraction of sp³-hybridized carbons (Fsp3) is 0.727. The zero-order valence-electron chi connectivity index (χ0n) is 9.72. The van der Waals surface area contributed by atoms with Crippen LogP contribution in [0.1, 0.15) is 17.6 Å². The first-order valence-electron chi connectivity index (χ1n) is 5.56. The van der Waals surface area contributed by atoms with Crippen LogP contribution in [0.2, 0.25) is 0 Å². The van der Waals surface area contributed by atoms with Crippen molar-refractivity contribution in [3.63, 3.8) is 0 Å². The number of aryl methyl sites for hydroxylation is 1. The van der Waals surface area contributed by atoms with Gasteiger partial charge in [-0.2, -0.15) is 0 Å². The highest BCUT2D eigenvalue weighted by Gasteiger charge is 2.25. The van der Waals surface area contributed by atoms with E-state index < -0.39 is 0 Å². The van der Waals surface area contributed by atoms with E-state index in [0.29, 0.717) is 12.6 Å². The number of nitrogens with zero attached hydrogens (tertiary/aromatic N) is 2. The monoisotopic (exact) mass is 242 g/mol. The van der Waals surface area contributed by atoms with Gasteiger partial charge in [0.15, 0.2) is 0 Å². The number of aromatic nitrogens is 1. The van der Waals surface area contributed by atoms with Gasteiger partial charge in [0.25, 0.3) is 0 Å². The van der Waals surface area contributed by atoms with Crippen molar-refractivity contribution in [1.82, 2.24) is 9.88 Å². The second kappa shape index (κ2) is 5.23. The van der Waals surface area contributed by atoms with Gasteiger partial charge >= 0.3 is 0 Å². The first-order valence-corrected chi connectivity index (χ1v) is 6.44. The predicted octanol–water partition coefficient (Wildman–Crippen LogP) is 1.03. The quantitative estimate of drug-likeness (QED) is 0.860. The van der Waals surface area contributed by atoms with Crippen LogP contribution >= 0.6 is 11.3 Å². The Hall–Kier alpha value is -0.490. The van der Waals surface area contributed by atoms with Crippen LogP contribution in [0.5, 0.6) is 0 Å². The van der Waals surface area contributed by atoms with Crippen LogP contribution < -0.4 is 0 Å². The average Bonchev–Trinajstić information content (AvgIpc) is 2.67. The molecule has 2 rings (SSSR count). The molecular weight excluding hydrogens is 224 g/mol. The van der Waals surface area contributed by atoms with Crippen molar-refractivity contribution in [1.29, 1.82) is 0 Å². The third kappa shape index (κ3) is 2.79. The molecule has 0 saturated carbocycles. The van der Waals surface area contributed by atoms with Crippen molar-refractivity contribution in [2.24, 2.45) is 0 Å². The summed E-state index contributed by atoms with van der Waals surface area (Å²) in [6.07, 6.45) is -0.0454. The average molecular weight is 242 g/mol. The van der Waals surface area contributed by atoms with Crippen LogP contribution in [-0.4, -0.2) is 46.9 Å². The Morgan fingerprint density at radius 1 is 1.69 bits per heavy atom. The van der Waals surface area contributed by atoms with E-state index in [-0.39, 0.29) is 12.7 Å². The van der Waals surface area contributed by atoms with E-state index in [4.69, 9.17) is 9.84 Å². The van der Waals surface area contributed by atoms with Crippen LogP contribution in [0.3, 0.4) is 0 Å². The number of thiazole rings is 1. The van der Waals surface area contributed by atoms with Crippen LogP contribution in [0.4, 0.5) is 0 Å². The van der Waals surface area contributed by atoms with Gasteiger partial charge in [-0.1, -0.05) is 0 Å². The molecule has 2 atom stereocenters. The van der Waals surface area contributed by atoms with E-state index in [9.17, 15) is 0 Å². The standard InChI is InChI=1S/C11H18N2O2S/c1-8-6-15-11(5-14)4-13(8)3-10-7-16-9(2)12-10/h7-8,11,14H,3-6H2,1-2H3. The Morgan fingerprint density at radius 2 is 2.50 bits per heavy atom. The third-order valence-corrected chi connectivity index (χ3v) is 3.69. The number of aliphatic hydroxyl groups is 1. The minimum Gasteiger partial charge on any atom is -0.394 e. The largest absolute Gasteiger partial charge is 0.394 e. The maximum atomic E-state index is 9.10. The molecule has 0 aliphatic carbocycles. The van der Waals surface area contributed by atoms with Crippen molar-refractivity contribution in [2.75, 3.05) is 19.8 Å². The lowest BCUT2D eigenvalue weighted by atomic mass is 10.2. The molecule has 0 spiro atoms. The van der Waals surface area contributed by atoms with E-state index in [2.05, 4.69) is 22.2 Å². The fourth-order valence-corrected chi connectivity index (χ4v) is 2.50. The topological polar surface area (TPSA) is 45.6 Å². The molecule has 5 heteroatoms. The molecule has 0 aromatic carbocycles. The zero-order valence-corrected chi connectivity index (χ0v) is 10.5. The summed E-state index contributed by atoms with van der Waals surface area (Å²) < 4.78 is 5.50. The number of rotatable bonds is 3. The van der Waals surface area contributed by atoms with Crippen molar-refractivity contribution in [2.45, 2.75) is 32.5 Å². The highest BCUT2D eigenvalue weighted by molar-refractivity contribution is 7.09. The van der Waals surface area contributed by atoms with E-state index in [1.165, 1.54) is 0 Å². The first kappa shape index (κ1) is 12.0. The molecule has 1 aliphatic rings. The van der Waals surface area contributed by atoms with Crippen molar-refractivity contribution in [3.8, 4) is 0 Å². The molecule has 1 aliphatic heterocycles. The van der Waals surface area contributed by atoms with Gasteiger partial charge in [-0.15, -0.1) is 11.3 Å². The Morgan fingerprint density at radius 3 is 3.12 bits per heavy atom. The summed E-state index contributed by atoms with van der Waals surface area (Å²) in [5, 5.41) is 12.3. The van der Waals surface area contributed by atoms with Crippen LogP contribution in [0, 0.1) is 6.92 Å². The molecule has 0 amide bonds. The molecule has 1 aromatic rings.